The molecule has 0 saturated heterocycles. The lowest BCUT2D eigenvalue weighted by Crippen LogP contribution is -2.11. The van der Waals surface area contributed by atoms with E-state index >= 15 is 0 Å². The van der Waals surface area contributed by atoms with Gasteiger partial charge in [-0.3, -0.25) is 4.79 Å². The zero-order chi connectivity index (χ0) is 20.7. The number of ketones is 1. The molecule has 0 aromatic carbocycles. The molecule has 0 atom stereocenters. The Balaban J connectivity index is 3.05. The number of carbonyl (C=O) groups excluding carboxylic acids is 1. The highest BCUT2D eigenvalue weighted by molar-refractivity contribution is 6.32. The largest absolute Gasteiger partial charge is 0.476 e. The van der Waals surface area contributed by atoms with Crippen LogP contribution in [0.25, 0.3) is 0 Å². The van der Waals surface area contributed by atoms with Gasteiger partial charge in [0.15, 0.2) is 0 Å². The van der Waals surface area contributed by atoms with Crippen molar-refractivity contribution in [2.45, 2.75) is 148 Å². The van der Waals surface area contributed by atoms with E-state index in [0.29, 0.717) is 0 Å². The van der Waals surface area contributed by atoms with Crippen molar-refractivity contribution in [2.75, 3.05) is 0 Å². The molecule has 28 heavy (non-hydrogen) atoms. The van der Waals surface area contributed by atoms with Gasteiger partial charge in [-0.1, -0.05) is 135 Å². The number of hydrogen-bond acceptors (Lipinski definition) is 2. The van der Waals surface area contributed by atoms with Crippen molar-refractivity contribution < 1.29 is 14.7 Å². The van der Waals surface area contributed by atoms with Gasteiger partial charge >= 0.3 is 5.97 Å². The van der Waals surface area contributed by atoms with Crippen molar-refractivity contribution in [3.05, 3.63) is 0 Å². The van der Waals surface area contributed by atoms with E-state index in [1.165, 1.54) is 116 Å². The number of carboxylic acid groups (broad SMARTS) is 1. The van der Waals surface area contributed by atoms with Gasteiger partial charge in [0.25, 0.3) is 0 Å². The third-order valence-electron chi connectivity index (χ3n) is 5.75. The average Bonchev–Trinajstić information content (AvgIpc) is 2.68. The summed E-state index contributed by atoms with van der Waals surface area (Å²) in [5.74, 6) is -1.93. The summed E-state index contributed by atoms with van der Waals surface area (Å²) in [6.45, 7) is 2.28. The van der Waals surface area contributed by atoms with Crippen LogP contribution >= 0.6 is 0 Å². The van der Waals surface area contributed by atoms with Gasteiger partial charge in [0.05, 0.1) is 0 Å². The highest BCUT2D eigenvalue weighted by Crippen LogP contribution is 2.15. The molecule has 0 heterocycles. The van der Waals surface area contributed by atoms with Crippen LogP contribution in [0.15, 0.2) is 0 Å². The van der Waals surface area contributed by atoms with Gasteiger partial charge in [0, 0.05) is 6.42 Å². The Morgan fingerprint density at radius 1 is 0.464 bits per heavy atom. The van der Waals surface area contributed by atoms with Crippen LogP contribution in [-0.2, 0) is 9.59 Å². The van der Waals surface area contributed by atoms with Gasteiger partial charge in [0.1, 0.15) is 0 Å². The molecular weight excluding hydrogens is 348 g/mol. The van der Waals surface area contributed by atoms with Crippen LogP contribution in [0.5, 0.6) is 0 Å². The van der Waals surface area contributed by atoms with E-state index in [2.05, 4.69) is 6.92 Å². The van der Waals surface area contributed by atoms with Crippen molar-refractivity contribution in [2.24, 2.45) is 0 Å². The van der Waals surface area contributed by atoms with Crippen LogP contribution in [0.2, 0.25) is 0 Å². The summed E-state index contributed by atoms with van der Waals surface area (Å²) in [5.41, 5.74) is 0. The second kappa shape index (κ2) is 22.4. The first-order valence-corrected chi connectivity index (χ1v) is 12.4. The zero-order valence-electron chi connectivity index (χ0n) is 18.8. The molecule has 0 aromatic heterocycles. The Hall–Kier alpha value is -0.860. The molecule has 0 aliphatic carbocycles. The summed E-state index contributed by atoms with van der Waals surface area (Å²) >= 11 is 0. The number of aliphatic carboxylic acids is 1. The van der Waals surface area contributed by atoms with E-state index < -0.39 is 11.8 Å². The van der Waals surface area contributed by atoms with Crippen molar-refractivity contribution >= 4 is 11.8 Å². The van der Waals surface area contributed by atoms with Crippen LogP contribution in [0.4, 0.5) is 0 Å². The van der Waals surface area contributed by atoms with Crippen molar-refractivity contribution in [1.82, 2.24) is 0 Å². The molecule has 0 unspecified atom stereocenters. The van der Waals surface area contributed by atoms with Crippen LogP contribution in [0, 0.1) is 0 Å². The lowest BCUT2D eigenvalue weighted by Gasteiger charge is -2.04. The summed E-state index contributed by atoms with van der Waals surface area (Å²) in [7, 11) is 0. The van der Waals surface area contributed by atoms with Crippen molar-refractivity contribution in [1.29, 1.82) is 0 Å². The molecule has 0 spiro atoms. The fraction of sp³-hybridized carbons (Fsp3) is 0.920. The number of rotatable bonds is 23. The SMILES string of the molecule is CCCCCCCCCCCCCCCCCCCCCCCC(=O)C(=O)O. The smallest absolute Gasteiger partial charge is 0.372 e. The summed E-state index contributed by atoms with van der Waals surface area (Å²) in [6.07, 6.45) is 28.1. The molecule has 3 heteroatoms. The Labute approximate surface area is 175 Å². The average molecular weight is 397 g/mol. The summed E-state index contributed by atoms with van der Waals surface area (Å²) < 4.78 is 0. The Kier molecular flexibility index (Phi) is 21.7. The normalized spacial score (nSPS) is 11.0. The fourth-order valence-corrected chi connectivity index (χ4v) is 3.82. The third-order valence-corrected chi connectivity index (χ3v) is 5.75. The number of unbranched alkanes of at least 4 members (excludes halogenated alkanes) is 20. The van der Waals surface area contributed by atoms with E-state index in [1.807, 2.05) is 0 Å². The maximum atomic E-state index is 10.9. The maximum Gasteiger partial charge on any atom is 0.372 e. The topological polar surface area (TPSA) is 54.4 Å². The maximum absolute atomic E-state index is 10.9. The molecule has 0 aliphatic rings. The molecule has 166 valence electrons. The zero-order valence-corrected chi connectivity index (χ0v) is 18.8. The first-order valence-electron chi connectivity index (χ1n) is 12.4. The first-order chi connectivity index (χ1) is 13.7. The van der Waals surface area contributed by atoms with E-state index in [0.717, 1.165) is 19.3 Å². The minimum Gasteiger partial charge on any atom is -0.476 e. The Bertz CT molecular complexity index is 352. The predicted octanol–water partition coefficient (Wildman–Crippen LogP) is 8.24. The van der Waals surface area contributed by atoms with Crippen molar-refractivity contribution in [3.63, 3.8) is 0 Å². The van der Waals surface area contributed by atoms with Gasteiger partial charge in [-0.05, 0) is 6.42 Å². The van der Waals surface area contributed by atoms with E-state index in [1.54, 1.807) is 0 Å². The van der Waals surface area contributed by atoms with Crippen LogP contribution in [-0.4, -0.2) is 16.9 Å². The minimum atomic E-state index is -1.28. The second-order valence-corrected chi connectivity index (χ2v) is 8.55. The highest BCUT2D eigenvalue weighted by Gasteiger charge is 2.09. The van der Waals surface area contributed by atoms with Gasteiger partial charge in [-0.15, -0.1) is 0 Å². The summed E-state index contributed by atoms with van der Waals surface area (Å²) in [5, 5.41) is 8.50. The van der Waals surface area contributed by atoms with Gasteiger partial charge in [-0.25, -0.2) is 4.79 Å². The Morgan fingerprint density at radius 3 is 0.964 bits per heavy atom. The van der Waals surface area contributed by atoms with E-state index in [4.69, 9.17) is 5.11 Å². The molecular formula is C25H48O3. The number of hydrogen-bond donors (Lipinski definition) is 1. The molecule has 0 bridgehead atoms. The second-order valence-electron chi connectivity index (χ2n) is 8.55. The fourth-order valence-electron chi connectivity index (χ4n) is 3.82. The molecule has 0 aromatic rings. The highest BCUT2D eigenvalue weighted by atomic mass is 16.4. The van der Waals surface area contributed by atoms with E-state index in [9.17, 15) is 9.59 Å². The van der Waals surface area contributed by atoms with Gasteiger partial charge in [0.2, 0.25) is 5.78 Å². The molecule has 1 N–H and O–H groups in total. The van der Waals surface area contributed by atoms with Crippen LogP contribution < -0.4 is 0 Å². The number of Topliss-reactive ketones (excluding diaryl/α,β-unsaturated/α-hetero) is 1. The minimum absolute atomic E-state index is 0.203. The van der Waals surface area contributed by atoms with Crippen LogP contribution in [0.1, 0.15) is 148 Å². The molecule has 0 fully saturated rings. The number of carbonyl (C=O) groups is 2. The molecule has 0 aliphatic heterocycles. The predicted molar refractivity (Wildman–Crippen MR) is 120 cm³/mol. The molecule has 0 rings (SSSR count). The lowest BCUT2D eigenvalue weighted by molar-refractivity contribution is -0.149. The standard InChI is InChI=1S/C25H48O3/c1-2-3-4-5-6-7-8-9-10-11-12-13-14-15-16-17-18-19-20-21-22-23-24(26)25(27)28/h2-23H2,1H3,(H,27,28). The van der Waals surface area contributed by atoms with Crippen LogP contribution in [0.3, 0.4) is 0 Å². The van der Waals surface area contributed by atoms with Gasteiger partial charge in [-0.2, -0.15) is 0 Å². The van der Waals surface area contributed by atoms with Gasteiger partial charge < -0.3 is 5.11 Å². The first kappa shape index (κ1) is 27.1. The quantitative estimate of drug-likeness (QED) is 0.140. The lowest BCUT2D eigenvalue weighted by atomic mass is 10.0. The number of carboxylic acids is 1. The monoisotopic (exact) mass is 396 g/mol. The molecule has 0 amide bonds. The molecule has 0 radical (unpaired) electrons. The van der Waals surface area contributed by atoms with Crippen molar-refractivity contribution in [3.8, 4) is 0 Å². The summed E-state index contributed by atoms with van der Waals surface area (Å²) in [6, 6.07) is 0. The molecule has 3 nitrogen and oxygen atoms in total. The third kappa shape index (κ3) is 21.4. The summed E-state index contributed by atoms with van der Waals surface area (Å²) in [4.78, 5) is 21.3. The Morgan fingerprint density at radius 2 is 0.714 bits per heavy atom. The molecule has 0 saturated carbocycles. The van der Waals surface area contributed by atoms with E-state index in [-0.39, 0.29) is 6.42 Å².